The van der Waals surface area contributed by atoms with Crippen molar-refractivity contribution in [3.63, 3.8) is 0 Å². The van der Waals surface area contributed by atoms with E-state index in [1.54, 1.807) is 7.11 Å². The molecule has 1 N–H and O–H groups in total. The van der Waals surface area contributed by atoms with Crippen LogP contribution in [0.1, 0.15) is 31.9 Å². The van der Waals surface area contributed by atoms with E-state index in [0.717, 1.165) is 17.5 Å². The molecular weight excluding hydrogens is 266 g/mol. The summed E-state index contributed by atoms with van der Waals surface area (Å²) in [5.74, 6) is 0. The first kappa shape index (κ1) is 13.7. The third-order valence-corrected chi connectivity index (χ3v) is 3.19. The molecule has 0 fully saturated rings. The minimum Gasteiger partial charge on any atom is -0.385 e. The zero-order valence-corrected chi connectivity index (χ0v) is 11.8. The summed E-state index contributed by atoms with van der Waals surface area (Å²) >= 11 is 3.44. The van der Waals surface area contributed by atoms with E-state index in [9.17, 15) is 0 Å². The molecule has 0 saturated carbocycles. The summed E-state index contributed by atoms with van der Waals surface area (Å²) in [5, 5.41) is 3.56. The van der Waals surface area contributed by atoms with Crippen molar-refractivity contribution in [1.82, 2.24) is 5.32 Å². The van der Waals surface area contributed by atoms with Gasteiger partial charge < -0.3 is 10.1 Å². The van der Waals surface area contributed by atoms with Crippen molar-refractivity contribution >= 4 is 15.9 Å². The zero-order chi connectivity index (χ0) is 12.0. The van der Waals surface area contributed by atoms with Crippen LogP contribution in [0, 0.1) is 0 Å². The largest absolute Gasteiger partial charge is 0.385 e. The third kappa shape index (κ3) is 4.64. The Morgan fingerprint density at radius 3 is 2.44 bits per heavy atom. The van der Waals surface area contributed by atoms with Gasteiger partial charge in [0.25, 0.3) is 0 Å². The molecule has 0 spiro atoms. The standard InChI is InChI=1S/C13H20BrNO/c1-10(8-9-16-3)15-11(2)12-4-6-13(14)7-5-12/h4-7,10-11,15H,8-9H2,1-3H3. The SMILES string of the molecule is COCCC(C)NC(C)c1ccc(Br)cc1. The molecule has 0 aliphatic carbocycles. The van der Waals surface area contributed by atoms with Crippen LogP contribution in [0.5, 0.6) is 0 Å². The minimum atomic E-state index is 0.375. The Kier molecular flexibility index (Phi) is 6.03. The third-order valence-electron chi connectivity index (χ3n) is 2.66. The molecule has 1 rings (SSSR count). The van der Waals surface area contributed by atoms with E-state index < -0.39 is 0 Å². The molecule has 0 radical (unpaired) electrons. The Bertz CT molecular complexity index is 299. The average Bonchev–Trinajstić information content (AvgIpc) is 2.27. The molecule has 0 heterocycles. The van der Waals surface area contributed by atoms with Crippen LogP contribution >= 0.6 is 15.9 Å². The molecule has 90 valence electrons. The maximum Gasteiger partial charge on any atom is 0.0476 e. The van der Waals surface area contributed by atoms with Gasteiger partial charge in [-0.25, -0.2) is 0 Å². The number of methoxy groups -OCH3 is 1. The van der Waals surface area contributed by atoms with Crippen LogP contribution in [0.4, 0.5) is 0 Å². The quantitative estimate of drug-likeness (QED) is 0.864. The summed E-state index contributed by atoms with van der Waals surface area (Å²) in [4.78, 5) is 0. The minimum absolute atomic E-state index is 0.375. The number of nitrogens with one attached hydrogen (secondary N) is 1. The number of halogens is 1. The number of hydrogen-bond donors (Lipinski definition) is 1. The van der Waals surface area contributed by atoms with Gasteiger partial charge in [0.05, 0.1) is 0 Å². The van der Waals surface area contributed by atoms with Crippen LogP contribution in [-0.2, 0) is 4.74 Å². The molecule has 0 aliphatic rings. The number of hydrogen-bond acceptors (Lipinski definition) is 2. The van der Waals surface area contributed by atoms with Gasteiger partial charge in [-0.3, -0.25) is 0 Å². The lowest BCUT2D eigenvalue weighted by Gasteiger charge is -2.20. The predicted octanol–water partition coefficient (Wildman–Crippen LogP) is 3.52. The van der Waals surface area contributed by atoms with E-state index in [1.165, 1.54) is 5.56 Å². The molecule has 0 saturated heterocycles. The fourth-order valence-electron chi connectivity index (χ4n) is 1.65. The van der Waals surface area contributed by atoms with Crippen molar-refractivity contribution in [1.29, 1.82) is 0 Å². The Labute approximate surface area is 107 Å². The van der Waals surface area contributed by atoms with Crippen LogP contribution in [-0.4, -0.2) is 19.8 Å². The van der Waals surface area contributed by atoms with Gasteiger partial charge >= 0.3 is 0 Å². The highest BCUT2D eigenvalue weighted by molar-refractivity contribution is 9.10. The summed E-state index contributed by atoms with van der Waals surface area (Å²) in [6, 6.07) is 9.29. The van der Waals surface area contributed by atoms with Crippen molar-refractivity contribution in [2.75, 3.05) is 13.7 Å². The molecule has 0 aromatic heterocycles. The summed E-state index contributed by atoms with van der Waals surface area (Å²) in [5.41, 5.74) is 1.31. The number of ether oxygens (including phenoxy) is 1. The monoisotopic (exact) mass is 285 g/mol. The first-order valence-corrected chi connectivity index (χ1v) is 6.43. The number of rotatable bonds is 6. The van der Waals surface area contributed by atoms with Gasteiger partial charge in [0.1, 0.15) is 0 Å². The van der Waals surface area contributed by atoms with Crippen LogP contribution < -0.4 is 5.32 Å². The molecule has 1 aromatic carbocycles. The lowest BCUT2D eigenvalue weighted by atomic mass is 10.1. The van der Waals surface area contributed by atoms with Crippen molar-refractivity contribution < 1.29 is 4.74 Å². The van der Waals surface area contributed by atoms with Crippen LogP contribution in [0.2, 0.25) is 0 Å². The molecule has 0 amide bonds. The predicted molar refractivity (Wildman–Crippen MR) is 71.6 cm³/mol. The van der Waals surface area contributed by atoms with Crippen LogP contribution in [0.15, 0.2) is 28.7 Å². The first-order valence-electron chi connectivity index (χ1n) is 5.64. The molecule has 1 aromatic rings. The maximum atomic E-state index is 5.07. The second kappa shape index (κ2) is 7.05. The molecule has 3 heteroatoms. The van der Waals surface area contributed by atoms with Crippen molar-refractivity contribution in [2.45, 2.75) is 32.4 Å². The van der Waals surface area contributed by atoms with Crippen molar-refractivity contribution in [3.05, 3.63) is 34.3 Å². The van der Waals surface area contributed by atoms with E-state index >= 15 is 0 Å². The summed E-state index contributed by atoms with van der Waals surface area (Å²) in [6.07, 6.45) is 1.04. The average molecular weight is 286 g/mol. The van der Waals surface area contributed by atoms with E-state index in [0.29, 0.717) is 12.1 Å². The summed E-state index contributed by atoms with van der Waals surface area (Å²) < 4.78 is 6.19. The van der Waals surface area contributed by atoms with Gasteiger partial charge in [0, 0.05) is 30.3 Å². The zero-order valence-electron chi connectivity index (χ0n) is 10.2. The van der Waals surface area contributed by atoms with Crippen molar-refractivity contribution in [2.24, 2.45) is 0 Å². The van der Waals surface area contributed by atoms with E-state index in [1.807, 2.05) is 0 Å². The van der Waals surface area contributed by atoms with E-state index in [4.69, 9.17) is 4.74 Å². The molecule has 0 bridgehead atoms. The second-order valence-electron chi connectivity index (χ2n) is 4.12. The van der Waals surface area contributed by atoms with Gasteiger partial charge in [0.15, 0.2) is 0 Å². The van der Waals surface area contributed by atoms with E-state index in [2.05, 4.69) is 59.4 Å². The topological polar surface area (TPSA) is 21.3 Å². The van der Waals surface area contributed by atoms with Gasteiger partial charge in [0.2, 0.25) is 0 Å². The van der Waals surface area contributed by atoms with Crippen LogP contribution in [0.25, 0.3) is 0 Å². The highest BCUT2D eigenvalue weighted by Gasteiger charge is 2.08. The lowest BCUT2D eigenvalue weighted by Crippen LogP contribution is -2.29. The van der Waals surface area contributed by atoms with Gasteiger partial charge in [-0.05, 0) is 38.0 Å². The first-order chi connectivity index (χ1) is 7.63. The van der Waals surface area contributed by atoms with Gasteiger partial charge in [-0.15, -0.1) is 0 Å². The fraction of sp³-hybridized carbons (Fsp3) is 0.538. The van der Waals surface area contributed by atoms with E-state index in [-0.39, 0.29) is 0 Å². The highest BCUT2D eigenvalue weighted by Crippen LogP contribution is 2.17. The van der Waals surface area contributed by atoms with Gasteiger partial charge in [-0.1, -0.05) is 28.1 Å². The normalized spacial score (nSPS) is 14.8. The molecule has 2 unspecified atom stereocenters. The molecular formula is C13H20BrNO. The summed E-state index contributed by atoms with van der Waals surface area (Å²) in [6.45, 7) is 5.18. The van der Waals surface area contributed by atoms with Crippen LogP contribution in [0.3, 0.4) is 0 Å². The second-order valence-corrected chi connectivity index (χ2v) is 5.04. The molecule has 2 atom stereocenters. The Morgan fingerprint density at radius 1 is 1.25 bits per heavy atom. The molecule has 2 nitrogen and oxygen atoms in total. The Morgan fingerprint density at radius 2 is 1.88 bits per heavy atom. The lowest BCUT2D eigenvalue weighted by molar-refractivity contribution is 0.183. The number of benzene rings is 1. The highest BCUT2D eigenvalue weighted by atomic mass is 79.9. The Hall–Kier alpha value is -0.380. The molecule has 0 aliphatic heterocycles. The Balaban J connectivity index is 2.45. The smallest absolute Gasteiger partial charge is 0.0476 e. The molecule has 16 heavy (non-hydrogen) atoms. The van der Waals surface area contributed by atoms with Gasteiger partial charge in [-0.2, -0.15) is 0 Å². The fourth-order valence-corrected chi connectivity index (χ4v) is 1.92. The van der Waals surface area contributed by atoms with Crippen molar-refractivity contribution in [3.8, 4) is 0 Å². The maximum absolute atomic E-state index is 5.07. The summed E-state index contributed by atoms with van der Waals surface area (Å²) in [7, 11) is 1.74.